The molecule has 6 nitrogen and oxygen atoms in total. The number of rotatable bonds is 4. The Hall–Kier alpha value is -2.73. The van der Waals surface area contributed by atoms with Crippen LogP contribution in [-0.2, 0) is 6.54 Å². The zero-order valence-corrected chi connectivity index (χ0v) is 12.4. The van der Waals surface area contributed by atoms with Crippen molar-refractivity contribution in [2.75, 3.05) is 14.2 Å². The molecule has 0 saturated carbocycles. The maximum Gasteiger partial charge on any atom is 0.162 e. The van der Waals surface area contributed by atoms with E-state index in [-0.39, 0.29) is 0 Å². The van der Waals surface area contributed by atoms with Crippen molar-refractivity contribution in [2.45, 2.75) is 6.54 Å². The third-order valence-corrected chi connectivity index (χ3v) is 3.45. The Labute approximate surface area is 127 Å². The quantitative estimate of drug-likeness (QED) is 0.794. The maximum atomic E-state index is 5.58. The highest BCUT2D eigenvalue weighted by Gasteiger charge is 2.12. The van der Waals surface area contributed by atoms with Crippen molar-refractivity contribution in [3.63, 3.8) is 0 Å². The maximum absolute atomic E-state index is 5.58. The summed E-state index contributed by atoms with van der Waals surface area (Å²) in [5.41, 5.74) is 8.89. The van der Waals surface area contributed by atoms with Crippen LogP contribution in [0, 0.1) is 0 Å². The summed E-state index contributed by atoms with van der Waals surface area (Å²) in [5.74, 6) is 1.27. The fourth-order valence-electron chi connectivity index (χ4n) is 2.30. The van der Waals surface area contributed by atoms with Crippen LogP contribution in [0.3, 0.4) is 0 Å². The molecule has 0 bridgehead atoms. The van der Waals surface area contributed by atoms with E-state index in [0.717, 1.165) is 27.9 Å². The van der Waals surface area contributed by atoms with Crippen LogP contribution in [0.4, 0.5) is 0 Å². The minimum Gasteiger partial charge on any atom is -0.493 e. The molecular formula is C16H16N4O2. The monoisotopic (exact) mass is 296 g/mol. The van der Waals surface area contributed by atoms with Gasteiger partial charge in [0.2, 0.25) is 0 Å². The Balaban J connectivity index is 2.20. The normalized spacial score (nSPS) is 10.7. The molecule has 1 aromatic carbocycles. The van der Waals surface area contributed by atoms with Gasteiger partial charge >= 0.3 is 0 Å². The summed E-state index contributed by atoms with van der Waals surface area (Å²) in [6.07, 6.45) is 3.29. The third-order valence-electron chi connectivity index (χ3n) is 3.45. The summed E-state index contributed by atoms with van der Waals surface area (Å²) in [4.78, 5) is 13.0. The van der Waals surface area contributed by atoms with Gasteiger partial charge in [0.15, 0.2) is 11.5 Å². The van der Waals surface area contributed by atoms with Crippen molar-refractivity contribution in [3.8, 4) is 22.8 Å². The fraction of sp³-hybridized carbons (Fsp3) is 0.188. The number of nitrogens with two attached hydrogens (primary N) is 1. The number of aromatic nitrogens is 3. The van der Waals surface area contributed by atoms with Crippen LogP contribution in [0.2, 0.25) is 0 Å². The van der Waals surface area contributed by atoms with Gasteiger partial charge in [-0.25, -0.2) is 9.97 Å². The number of hydrogen-bond donors (Lipinski definition) is 1. The summed E-state index contributed by atoms with van der Waals surface area (Å²) in [6.45, 7) is 0.413. The lowest BCUT2D eigenvalue weighted by Crippen LogP contribution is -1.99. The van der Waals surface area contributed by atoms with Crippen LogP contribution in [0.15, 0.2) is 36.8 Å². The molecule has 0 atom stereocenters. The molecule has 6 heteroatoms. The zero-order chi connectivity index (χ0) is 15.5. The Morgan fingerprint density at radius 2 is 1.77 bits per heavy atom. The zero-order valence-electron chi connectivity index (χ0n) is 12.4. The number of fused-ring (bicyclic) bond motifs is 1. The topological polar surface area (TPSA) is 83.2 Å². The highest BCUT2D eigenvalue weighted by atomic mass is 16.5. The number of ether oxygens (including phenoxy) is 2. The van der Waals surface area contributed by atoms with Crippen LogP contribution in [0.25, 0.3) is 22.2 Å². The second kappa shape index (κ2) is 5.95. The molecule has 0 unspecified atom stereocenters. The second-order valence-corrected chi connectivity index (χ2v) is 4.69. The molecule has 0 aliphatic heterocycles. The molecule has 0 spiro atoms. The van der Waals surface area contributed by atoms with Gasteiger partial charge in [0.25, 0.3) is 0 Å². The summed E-state index contributed by atoms with van der Waals surface area (Å²) in [6, 6.07) is 7.55. The number of benzene rings is 1. The van der Waals surface area contributed by atoms with E-state index in [0.29, 0.717) is 18.0 Å². The minimum atomic E-state index is 0.413. The standard InChI is InChI=1S/C16H16N4O2/c1-21-14-5-12-13(6-15(14)22-2)19-9-20-16(12)10-3-4-11(7-17)18-8-10/h3-6,8-9H,7,17H2,1-2H3. The molecule has 112 valence electrons. The van der Waals surface area contributed by atoms with Gasteiger partial charge < -0.3 is 15.2 Å². The predicted octanol–water partition coefficient (Wildman–Crippen LogP) is 2.17. The lowest BCUT2D eigenvalue weighted by Gasteiger charge is -2.11. The first kappa shape index (κ1) is 14.2. The molecular weight excluding hydrogens is 280 g/mol. The lowest BCUT2D eigenvalue weighted by atomic mass is 10.1. The van der Waals surface area contributed by atoms with E-state index in [1.54, 1.807) is 20.4 Å². The van der Waals surface area contributed by atoms with E-state index in [2.05, 4.69) is 15.0 Å². The number of nitrogens with zero attached hydrogens (tertiary/aromatic N) is 3. The average Bonchev–Trinajstić information content (AvgIpc) is 2.60. The van der Waals surface area contributed by atoms with Gasteiger partial charge in [-0.1, -0.05) is 0 Å². The SMILES string of the molecule is COc1cc2ncnc(-c3ccc(CN)nc3)c2cc1OC. The van der Waals surface area contributed by atoms with E-state index < -0.39 is 0 Å². The van der Waals surface area contributed by atoms with Gasteiger partial charge in [0, 0.05) is 29.8 Å². The van der Waals surface area contributed by atoms with Crippen molar-refractivity contribution in [1.29, 1.82) is 0 Å². The Bertz CT molecular complexity index is 803. The highest BCUT2D eigenvalue weighted by Crippen LogP contribution is 2.34. The molecule has 2 N–H and O–H groups in total. The molecule has 0 aliphatic rings. The van der Waals surface area contributed by atoms with Crippen molar-refractivity contribution < 1.29 is 9.47 Å². The average molecular weight is 296 g/mol. The Kier molecular flexibility index (Phi) is 3.84. The smallest absolute Gasteiger partial charge is 0.162 e. The van der Waals surface area contributed by atoms with Gasteiger partial charge in [-0.3, -0.25) is 4.98 Å². The van der Waals surface area contributed by atoms with E-state index >= 15 is 0 Å². The minimum absolute atomic E-state index is 0.413. The summed E-state index contributed by atoms with van der Waals surface area (Å²) in [5, 5.41) is 0.877. The summed E-state index contributed by atoms with van der Waals surface area (Å²) in [7, 11) is 3.20. The van der Waals surface area contributed by atoms with E-state index in [4.69, 9.17) is 15.2 Å². The first-order chi connectivity index (χ1) is 10.8. The molecule has 3 aromatic rings. The molecule has 0 amide bonds. The Morgan fingerprint density at radius 3 is 2.41 bits per heavy atom. The van der Waals surface area contributed by atoms with Gasteiger partial charge in [-0.05, 0) is 18.2 Å². The molecule has 3 rings (SSSR count). The van der Waals surface area contributed by atoms with E-state index in [1.165, 1.54) is 6.33 Å². The molecule has 22 heavy (non-hydrogen) atoms. The van der Waals surface area contributed by atoms with Crippen LogP contribution in [-0.4, -0.2) is 29.2 Å². The van der Waals surface area contributed by atoms with Crippen molar-refractivity contribution in [3.05, 3.63) is 42.5 Å². The van der Waals surface area contributed by atoms with Crippen LogP contribution >= 0.6 is 0 Å². The Morgan fingerprint density at radius 1 is 1.00 bits per heavy atom. The van der Waals surface area contributed by atoms with Gasteiger partial charge in [-0.2, -0.15) is 0 Å². The summed E-state index contributed by atoms with van der Waals surface area (Å²) >= 11 is 0. The van der Waals surface area contributed by atoms with Crippen LogP contribution < -0.4 is 15.2 Å². The fourth-order valence-corrected chi connectivity index (χ4v) is 2.30. The van der Waals surface area contributed by atoms with Crippen molar-refractivity contribution >= 4 is 10.9 Å². The molecule has 0 fully saturated rings. The predicted molar refractivity (Wildman–Crippen MR) is 83.8 cm³/mol. The molecule has 0 radical (unpaired) electrons. The number of pyridine rings is 1. The van der Waals surface area contributed by atoms with Gasteiger partial charge in [0.1, 0.15) is 6.33 Å². The molecule has 0 aliphatic carbocycles. The van der Waals surface area contributed by atoms with E-state index in [1.807, 2.05) is 24.3 Å². The molecule has 2 aromatic heterocycles. The molecule has 2 heterocycles. The number of methoxy groups -OCH3 is 2. The van der Waals surface area contributed by atoms with Gasteiger partial charge in [0.05, 0.1) is 31.1 Å². The second-order valence-electron chi connectivity index (χ2n) is 4.69. The summed E-state index contributed by atoms with van der Waals surface area (Å²) < 4.78 is 10.7. The first-order valence-corrected chi connectivity index (χ1v) is 6.79. The van der Waals surface area contributed by atoms with Crippen molar-refractivity contribution in [1.82, 2.24) is 15.0 Å². The highest BCUT2D eigenvalue weighted by molar-refractivity contribution is 5.94. The van der Waals surface area contributed by atoms with Crippen LogP contribution in [0.5, 0.6) is 11.5 Å². The largest absolute Gasteiger partial charge is 0.493 e. The number of hydrogen-bond acceptors (Lipinski definition) is 6. The van der Waals surface area contributed by atoms with Crippen molar-refractivity contribution in [2.24, 2.45) is 5.73 Å². The van der Waals surface area contributed by atoms with Crippen LogP contribution in [0.1, 0.15) is 5.69 Å². The van der Waals surface area contributed by atoms with E-state index in [9.17, 15) is 0 Å². The molecule has 0 saturated heterocycles. The van der Waals surface area contributed by atoms with Gasteiger partial charge in [-0.15, -0.1) is 0 Å². The first-order valence-electron chi connectivity index (χ1n) is 6.79. The lowest BCUT2D eigenvalue weighted by molar-refractivity contribution is 0.356. The third kappa shape index (κ3) is 2.44.